The van der Waals surface area contributed by atoms with E-state index in [1.807, 2.05) is 0 Å². The van der Waals surface area contributed by atoms with Crippen LogP contribution in [0.25, 0.3) is 0 Å². The van der Waals surface area contributed by atoms with Crippen LogP contribution in [-0.2, 0) is 17.7 Å². The molecule has 0 bridgehead atoms. The standard InChI is InChI=1S/C6H14OSi.C5H5.C4H10N.2ClH.Ti/c1-4-8(2,3)6-5-7;1-2-4-5-3-1;1-4(2,3)5;;;/h7H,5-6H2,1-3H3;1-3H,4H2;5H,1-3H3;2*1H;/q;;-1;;;+3/p-2. The largest absolute Gasteiger partial charge is 1.00 e. The summed E-state index contributed by atoms with van der Waals surface area (Å²) >= 11 is -1.57. The van der Waals surface area contributed by atoms with Gasteiger partial charge in [0.2, 0.25) is 0 Å². The first-order valence-corrected chi connectivity index (χ1v) is 12.7. The maximum Gasteiger partial charge on any atom is -1.00 e. The van der Waals surface area contributed by atoms with Crippen molar-refractivity contribution in [2.45, 2.75) is 58.8 Å². The van der Waals surface area contributed by atoms with Gasteiger partial charge in [-0.15, -0.1) is 0 Å². The van der Waals surface area contributed by atoms with E-state index < -0.39 is 25.7 Å². The van der Waals surface area contributed by atoms with Crippen molar-refractivity contribution in [2.75, 3.05) is 6.61 Å². The number of halogens is 2. The Kier molecular flexibility index (Phi) is 11.2. The molecule has 0 unspecified atom stereocenters. The topological polar surface area (TPSA) is 32.3 Å². The van der Waals surface area contributed by atoms with Crippen LogP contribution in [0.2, 0.25) is 19.1 Å². The molecule has 0 aromatic rings. The summed E-state index contributed by atoms with van der Waals surface area (Å²) < 4.78 is 7.28. The Morgan fingerprint density at radius 3 is 2.29 bits per heavy atom. The molecule has 0 aromatic carbocycles. The maximum atomic E-state index is 9.32. The second-order valence-corrected chi connectivity index (χ2v) is 16.6. The number of aliphatic hydroxyl groups excluding tert-OH is 1. The number of rotatable bonds is 5. The van der Waals surface area contributed by atoms with Crippen LogP contribution in [0.4, 0.5) is 0 Å². The van der Waals surface area contributed by atoms with Crippen molar-refractivity contribution in [3.05, 3.63) is 22.1 Å². The predicted molar refractivity (Wildman–Crippen MR) is 84.8 cm³/mol. The van der Waals surface area contributed by atoms with Gasteiger partial charge in [-0.1, -0.05) is 0 Å². The van der Waals surface area contributed by atoms with Gasteiger partial charge in [0.15, 0.2) is 0 Å². The molecule has 2 N–H and O–H groups in total. The van der Waals surface area contributed by atoms with E-state index in [1.54, 1.807) is 7.31 Å². The van der Waals surface area contributed by atoms with Crippen LogP contribution in [0.15, 0.2) is 22.1 Å². The Hall–Kier alpha value is 0.781. The van der Waals surface area contributed by atoms with Crippen LogP contribution in [-0.4, -0.2) is 28.8 Å². The van der Waals surface area contributed by atoms with Gasteiger partial charge in [0, 0.05) is 0 Å². The average Bonchev–Trinajstić information content (AvgIpc) is 2.76. The van der Waals surface area contributed by atoms with E-state index in [2.05, 4.69) is 62.8 Å². The molecule has 0 saturated carbocycles. The van der Waals surface area contributed by atoms with Crippen molar-refractivity contribution in [3.63, 3.8) is 0 Å². The van der Waals surface area contributed by atoms with Crippen LogP contribution in [0.1, 0.15) is 34.1 Å². The average molecular weight is 386 g/mol. The van der Waals surface area contributed by atoms with E-state index in [0.29, 0.717) is 6.61 Å². The van der Waals surface area contributed by atoms with E-state index in [1.165, 1.54) is 0 Å². The van der Waals surface area contributed by atoms with Crippen LogP contribution in [0.3, 0.4) is 0 Å². The molecule has 0 radical (unpaired) electrons. The van der Waals surface area contributed by atoms with E-state index in [-0.39, 0.29) is 30.4 Å². The molecule has 0 spiro atoms. The summed E-state index contributed by atoms with van der Waals surface area (Å²) in [5.41, 5.74) is 0.170. The number of hydrogen-bond acceptors (Lipinski definition) is 2. The van der Waals surface area contributed by atoms with Crippen molar-refractivity contribution >= 4 is 11.5 Å². The Balaban J connectivity index is 0. The van der Waals surface area contributed by atoms with Gasteiger partial charge in [0.1, 0.15) is 0 Å². The van der Waals surface area contributed by atoms with Gasteiger partial charge in [-0.25, -0.2) is 0 Å². The molecule has 0 aromatic heterocycles. The SMILES string of the molecule is C/[C](=[Ti+2](\[NH]C(C)(C)C)[C]1=CC=CC1)[Si](C)(C)CCO.[Cl-].[Cl-]. The predicted octanol–water partition coefficient (Wildman–Crippen LogP) is -2.81. The van der Waals surface area contributed by atoms with Crippen molar-refractivity contribution < 1.29 is 47.6 Å². The van der Waals surface area contributed by atoms with Crippen molar-refractivity contribution in [2.24, 2.45) is 0 Å². The zero-order chi connectivity index (χ0) is 14.7. The minimum absolute atomic E-state index is 0. The zero-order valence-corrected chi connectivity index (χ0v) is 18.1. The first-order chi connectivity index (χ1) is 8.67. The zero-order valence-electron chi connectivity index (χ0n) is 14.1. The number of hydrogen-bond donors (Lipinski definition) is 2. The minimum atomic E-state index is -1.57. The summed E-state index contributed by atoms with van der Waals surface area (Å²) in [4.78, 5) is 0. The molecule has 1 aliphatic rings. The monoisotopic (exact) mass is 385 g/mol. The van der Waals surface area contributed by atoms with Gasteiger partial charge in [-0.05, 0) is 0 Å². The van der Waals surface area contributed by atoms with Gasteiger partial charge < -0.3 is 24.8 Å². The van der Waals surface area contributed by atoms with E-state index >= 15 is 0 Å². The summed E-state index contributed by atoms with van der Waals surface area (Å²) in [5, 5.41) is 9.32. The second kappa shape index (κ2) is 9.82. The Morgan fingerprint density at radius 1 is 1.33 bits per heavy atom. The van der Waals surface area contributed by atoms with Crippen LogP contribution in [0.5, 0.6) is 0 Å². The Labute approximate surface area is 150 Å². The molecule has 122 valence electrons. The van der Waals surface area contributed by atoms with Gasteiger partial charge >= 0.3 is 126 Å². The summed E-state index contributed by atoms with van der Waals surface area (Å²) in [5.74, 6) is 0. The van der Waals surface area contributed by atoms with Crippen molar-refractivity contribution in [1.82, 2.24) is 3.80 Å². The van der Waals surface area contributed by atoms with Gasteiger partial charge in [0.25, 0.3) is 0 Å². The molecule has 1 rings (SSSR count). The molecule has 0 saturated heterocycles. The minimum Gasteiger partial charge on any atom is -1.00 e. The van der Waals surface area contributed by atoms with E-state index in [4.69, 9.17) is 0 Å². The summed E-state index contributed by atoms with van der Waals surface area (Å²) in [6.07, 6.45) is 7.90. The number of nitrogens with one attached hydrogen (secondary N) is 1. The van der Waals surface area contributed by atoms with E-state index in [0.717, 1.165) is 12.5 Å². The molecule has 0 amide bonds. The first-order valence-electron chi connectivity index (χ1n) is 7.14. The Bertz CT molecular complexity index is 426. The summed E-state index contributed by atoms with van der Waals surface area (Å²) in [6, 6.07) is 0.988. The molecule has 0 atom stereocenters. The normalized spacial score (nSPS) is 15.0. The molecule has 0 aliphatic heterocycles. The molecule has 0 fully saturated rings. The molecule has 2 nitrogen and oxygen atoms in total. The molecule has 6 heteroatoms. The van der Waals surface area contributed by atoms with Gasteiger partial charge in [0.05, 0.1) is 0 Å². The van der Waals surface area contributed by atoms with Crippen LogP contribution < -0.4 is 28.6 Å². The molecule has 1 aliphatic carbocycles. The number of aliphatic hydroxyl groups is 1. The fourth-order valence-electron chi connectivity index (χ4n) is 2.23. The van der Waals surface area contributed by atoms with Crippen LogP contribution >= 0.6 is 0 Å². The fourth-order valence-corrected chi connectivity index (χ4v) is 11.9. The third-order valence-electron chi connectivity index (χ3n) is 3.72. The van der Waals surface area contributed by atoms with Crippen molar-refractivity contribution in [3.8, 4) is 0 Å². The quantitative estimate of drug-likeness (QED) is 0.501. The second-order valence-electron chi connectivity index (χ2n) is 7.06. The summed E-state index contributed by atoms with van der Waals surface area (Å²) in [7, 11) is -1.43. The molecular weight excluding hydrogens is 357 g/mol. The van der Waals surface area contributed by atoms with E-state index in [9.17, 15) is 5.11 Å². The molecule has 0 heterocycles. The number of allylic oxidation sites excluding steroid dienone is 4. The summed E-state index contributed by atoms with van der Waals surface area (Å²) in [6.45, 7) is 14.3. The third-order valence-corrected chi connectivity index (χ3v) is 15.7. The molecule has 21 heavy (non-hydrogen) atoms. The van der Waals surface area contributed by atoms with Crippen molar-refractivity contribution in [1.29, 1.82) is 0 Å². The smallest absolute Gasteiger partial charge is 1.00 e. The van der Waals surface area contributed by atoms with Crippen LogP contribution in [0, 0.1) is 0 Å². The Morgan fingerprint density at radius 2 is 1.90 bits per heavy atom. The fraction of sp³-hybridized carbons (Fsp3) is 0.667. The van der Waals surface area contributed by atoms with Gasteiger partial charge in [-0.2, -0.15) is 0 Å². The molecular formula is C15H29Cl2NOSiTi. The maximum absolute atomic E-state index is 9.32. The third kappa shape index (κ3) is 7.74. The first kappa shape index (κ1) is 24.0. The van der Waals surface area contributed by atoms with Gasteiger partial charge in [-0.3, -0.25) is 0 Å².